The number of urea groups is 1. The van der Waals surface area contributed by atoms with Gasteiger partial charge in [0, 0.05) is 41.3 Å². The molecule has 4 aromatic rings. The minimum atomic E-state index is -4.66. The molecule has 2 aromatic carbocycles. The number of anilines is 2. The van der Waals surface area contributed by atoms with E-state index in [9.17, 15) is 22.8 Å². The smallest absolute Gasteiger partial charge is 0.311 e. The molecule has 0 fully saturated rings. The molecule has 10 heteroatoms. The van der Waals surface area contributed by atoms with Crippen molar-refractivity contribution in [3.8, 4) is 11.1 Å². The van der Waals surface area contributed by atoms with Gasteiger partial charge in [0.2, 0.25) is 0 Å². The normalized spacial score (nSPS) is 11.5. The number of fused-ring (bicyclic) bond motifs is 1. The quantitative estimate of drug-likeness (QED) is 0.335. The zero-order valence-electron chi connectivity index (χ0n) is 18.9. The highest BCUT2D eigenvalue weighted by molar-refractivity contribution is 6.31. The minimum Gasteiger partial charge on any atom is -0.311 e. The van der Waals surface area contributed by atoms with Crippen molar-refractivity contribution in [3.05, 3.63) is 86.9 Å². The summed E-state index contributed by atoms with van der Waals surface area (Å²) in [4.78, 5) is 29.9. The zero-order chi connectivity index (χ0) is 25.5. The number of pyridine rings is 2. The summed E-state index contributed by atoms with van der Waals surface area (Å²) in [7, 11) is 1.68. The number of carbonyl (C=O) groups is 1. The van der Waals surface area contributed by atoms with Crippen molar-refractivity contribution >= 4 is 39.9 Å². The molecule has 6 nitrogen and oxygen atoms in total. The summed E-state index contributed by atoms with van der Waals surface area (Å²) in [5.74, 6) is 0. The van der Waals surface area contributed by atoms with E-state index in [4.69, 9.17) is 11.6 Å². The maximum Gasteiger partial charge on any atom is 0.417 e. The van der Waals surface area contributed by atoms with Crippen molar-refractivity contribution in [2.75, 3.05) is 10.6 Å². The van der Waals surface area contributed by atoms with Crippen LogP contribution in [0.15, 0.2) is 59.5 Å². The Hall–Kier alpha value is -3.85. The Balaban J connectivity index is 1.64. The van der Waals surface area contributed by atoms with Gasteiger partial charge in [-0.2, -0.15) is 13.2 Å². The lowest BCUT2D eigenvalue weighted by molar-refractivity contribution is -0.137. The fourth-order valence-electron chi connectivity index (χ4n) is 3.76. The average Bonchev–Trinajstić information content (AvgIpc) is 2.78. The van der Waals surface area contributed by atoms with Crippen LogP contribution in [0, 0.1) is 13.8 Å². The second-order valence-corrected chi connectivity index (χ2v) is 8.52. The van der Waals surface area contributed by atoms with Gasteiger partial charge in [-0.1, -0.05) is 17.7 Å². The van der Waals surface area contributed by atoms with Crippen LogP contribution in [0.5, 0.6) is 0 Å². The Morgan fingerprint density at radius 2 is 1.63 bits per heavy atom. The van der Waals surface area contributed by atoms with Crippen LogP contribution in [0.4, 0.5) is 29.3 Å². The molecule has 0 radical (unpaired) electrons. The van der Waals surface area contributed by atoms with Gasteiger partial charge < -0.3 is 15.2 Å². The number of aryl methyl sites for hydroxylation is 3. The van der Waals surface area contributed by atoms with Gasteiger partial charge in [-0.3, -0.25) is 9.78 Å². The molecule has 0 aliphatic rings. The van der Waals surface area contributed by atoms with Gasteiger partial charge in [-0.25, -0.2) is 4.79 Å². The third-order valence-electron chi connectivity index (χ3n) is 5.56. The monoisotopic (exact) mass is 500 g/mol. The van der Waals surface area contributed by atoms with Crippen molar-refractivity contribution in [1.82, 2.24) is 9.55 Å². The lowest BCUT2D eigenvalue weighted by atomic mass is 9.99. The van der Waals surface area contributed by atoms with Gasteiger partial charge in [-0.15, -0.1) is 0 Å². The molecular weight excluding hydrogens is 481 g/mol. The number of nitrogens with one attached hydrogen (secondary N) is 2. The van der Waals surface area contributed by atoms with Crippen LogP contribution in [0.1, 0.15) is 16.8 Å². The lowest BCUT2D eigenvalue weighted by Crippen LogP contribution is -2.21. The summed E-state index contributed by atoms with van der Waals surface area (Å²) in [6.07, 6.45) is -2.96. The topological polar surface area (TPSA) is 76.0 Å². The van der Waals surface area contributed by atoms with Crippen molar-refractivity contribution in [2.45, 2.75) is 20.0 Å². The molecule has 0 bridgehead atoms. The number of hydrogen-bond donors (Lipinski definition) is 2. The largest absolute Gasteiger partial charge is 0.417 e. The van der Waals surface area contributed by atoms with Gasteiger partial charge in [0.1, 0.15) is 0 Å². The number of rotatable bonds is 3. The number of benzene rings is 2. The number of alkyl halides is 3. The molecule has 0 atom stereocenters. The van der Waals surface area contributed by atoms with Gasteiger partial charge >= 0.3 is 12.2 Å². The van der Waals surface area contributed by atoms with Crippen LogP contribution in [0.3, 0.4) is 0 Å². The molecule has 2 amide bonds. The molecule has 2 N–H and O–H groups in total. The highest BCUT2D eigenvalue weighted by Gasteiger charge is 2.33. The highest BCUT2D eigenvalue weighted by Crippen LogP contribution is 2.36. The van der Waals surface area contributed by atoms with E-state index in [2.05, 4.69) is 15.6 Å². The van der Waals surface area contributed by atoms with Crippen molar-refractivity contribution < 1.29 is 18.0 Å². The molecule has 35 heavy (non-hydrogen) atoms. The van der Waals surface area contributed by atoms with E-state index in [-0.39, 0.29) is 11.2 Å². The van der Waals surface area contributed by atoms with Crippen molar-refractivity contribution in [1.29, 1.82) is 0 Å². The van der Waals surface area contributed by atoms with Crippen LogP contribution in [0.2, 0.25) is 5.02 Å². The molecule has 0 aliphatic carbocycles. The Bertz CT molecular complexity index is 1530. The van der Waals surface area contributed by atoms with Gasteiger partial charge in [0.25, 0.3) is 5.56 Å². The molecule has 0 aliphatic heterocycles. The molecule has 2 aromatic heterocycles. The second-order valence-electron chi connectivity index (χ2n) is 8.11. The summed E-state index contributed by atoms with van der Waals surface area (Å²) in [6.45, 7) is 3.68. The third kappa shape index (κ3) is 5.00. The van der Waals surface area contributed by atoms with Crippen LogP contribution in [-0.2, 0) is 13.2 Å². The SMILES string of the molecule is Cc1cc2c(cn1)cc(-c1cc(NC(=O)Nc3ccc(Cl)c(C(F)(F)F)c3)ccc1C)c(=O)n2C. The predicted octanol–water partition coefficient (Wildman–Crippen LogP) is 6.53. The van der Waals surface area contributed by atoms with E-state index in [1.807, 2.05) is 19.9 Å². The summed E-state index contributed by atoms with van der Waals surface area (Å²) >= 11 is 5.63. The van der Waals surface area contributed by atoms with Gasteiger partial charge in [0.15, 0.2) is 0 Å². The van der Waals surface area contributed by atoms with E-state index >= 15 is 0 Å². The van der Waals surface area contributed by atoms with E-state index in [0.29, 0.717) is 16.8 Å². The van der Waals surface area contributed by atoms with E-state index in [1.165, 1.54) is 6.07 Å². The first-order valence-corrected chi connectivity index (χ1v) is 10.8. The van der Waals surface area contributed by atoms with Crippen LogP contribution < -0.4 is 16.2 Å². The first-order valence-electron chi connectivity index (χ1n) is 10.5. The van der Waals surface area contributed by atoms with Crippen molar-refractivity contribution in [2.24, 2.45) is 7.05 Å². The predicted molar refractivity (Wildman–Crippen MR) is 131 cm³/mol. The second kappa shape index (κ2) is 9.07. The molecule has 0 unspecified atom stereocenters. The van der Waals surface area contributed by atoms with Crippen LogP contribution >= 0.6 is 11.6 Å². The first kappa shape index (κ1) is 24.3. The number of carbonyl (C=O) groups excluding carboxylic acids is 1. The van der Waals surface area contributed by atoms with E-state index < -0.39 is 22.8 Å². The number of aromatic nitrogens is 2. The number of halogens is 4. The van der Waals surface area contributed by atoms with Crippen LogP contribution in [0.25, 0.3) is 22.0 Å². The molecule has 4 rings (SSSR count). The van der Waals surface area contributed by atoms with Gasteiger partial charge in [-0.05, 0) is 67.4 Å². The number of hydrogen-bond acceptors (Lipinski definition) is 3. The molecule has 0 saturated carbocycles. The maximum absolute atomic E-state index is 13.1. The standard InChI is InChI=1S/C25H20ClF3N4O2/c1-13-4-5-16(31-24(35)32-17-6-7-21(26)20(11-17)25(27,28)29)10-18(13)19-9-15-12-30-14(2)8-22(15)33(3)23(19)34/h4-12H,1-3H3,(H2,31,32,35). The fraction of sp³-hybridized carbons (Fsp3) is 0.160. The lowest BCUT2D eigenvalue weighted by Gasteiger charge is -2.14. The Labute approximate surface area is 203 Å². The minimum absolute atomic E-state index is 0.0715. The number of amides is 2. The Kier molecular flexibility index (Phi) is 6.29. The summed E-state index contributed by atoms with van der Waals surface area (Å²) in [6, 6.07) is 11.0. The first-order chi connectivity index (χ1) is 16.4. The summed E-state index contributed by atoms with van der Waals surface area (Å²) in [5, 5.41) is 5.28. The molecule has 0 spiro atoms. The molecule has 0 saturated heterocycles. The highest BCUT2D eigenvalue weighted by atomic mass is 35.5. The Morgan fingerprint density at radius 1 is 0.971 bits per heavy atom. The molecular formula is C25H20ClF3N4O2. The average molecular weight is 501 g/mol. The van der Waals surface area contributed by atoms with E-state index in [0.717, 1.165) is 34.3 Å². The van der Waals surface area contributed by atoms with E-state index in [1.54, 1.807) is 42.1 Å². The fourth-order valence-corrected chi connectivity index (χ4v) is 3.99. The summed E-state index contributed by atoms with van der Waals surface area (Å²) in [5.41, 5.74) is 2.40. The van der Waals surface area contributed by atoms with Crippen molar-refractivity contribution in [3.63, 3.8) is 0 Å². The molecule has 180 valence electrons. The van der Waals surface area contributed by atoms with Gasteiger partial charge in [0.05, 0.1) is 16.1 Å². The third-order valence-corrected chi connectivity index (χ3v) is 5.89. The van der Waals surface area contributed by atoms with Crippen LogP contribution in [-0.4, -0.2) is 15.6 Å². The number of nitrogens with zero attached hydrogens (tertiary/aromatic N) is 2. The zero-order valence-corrected chi connectivity index (χ0v) is 19.7. The summed E-state index contributed by atoms with van der Waals surface area (Å²) < 4.78 is 40.8. The Morgan fingerprint density at radius 3 is 2.31 bits per heavy atom. The molecule has 2 heterocycles. The maximum atomic E-state index is 13.1.